The number of hydrogen-bond donors (Lipinski definition) is 2. The van der Waals surface area contributed by atoms with Crippen molar-refractivity contribution >= 4 is 27.8 Å². The molecular weight excluding hydrogens is 294 g/mol. The molecule has 0 saturated carbocycles. The summed E-state index contributed by atoms with van der Waals surface area (Å²) in [5, 5.41) is 8.89. The Bertz CT molecular complexity index is 1040. The maximum Gasteiger partial charge on any atom is 0.274 e. The summed E-state index contributed by atoms with van der Waals surface area (Å²) in [5.74, 6) is 0.654. The fourth-order valence-electron chi connectivity index (χ4n) is 2.47. The van der Waals surface area contributed by atoms with Gasteiger partial charge in [0.05, 0.1) is 24.5 Å². The highest BCUT2D eigenvalue weighted by atomic mass is 16.1. The number of aromatic nitrogens is 6. The number of nitrogens with one attached hydrogen (secondary N) is 2. The maximum atomic E-state index is 12.4. The van der Waals surface area contributed by atoms with Gasteiger partial charge in [-0.25, -0.2) is 19.6 Å². The third-order valence-corrected chi connectivity index (χ3v) is 3.60. The van der Waals surface area contributed by atoms with Crippen LogP contribution < -0.4 is 10.9 Å². The second kappa shape index (κ2) is 5.48. The molecule has 114 valence electrons. The Balaban J connectivity index is 1.54. The molecule has 3 heterocycles. The zero-order valence-electron chi connectivity index (χ0n) is 12.1. The van der Waals surface area contributed by atoms with Crippen LogP contribution in [0.1, 0.15) is 0 Å². The van der Waals surface area contributed by atoms with Gasteiger partial charge in [-0.2, -0.15) is 5.10 Å². The quantitative estimate of drug-likeness (QED) is 0.587. The van der Waals surface area contributed by atoms with Crippen molar-refractivity contribution in [3.63, 3.8) is 0 Å². The van der Waals surface area contributed by atoms with Crippen LogP contribution in [0.5, 0.6) is 0 Å². The third-order valence-electron chi connectivity index (χ3n) is 3.60. The van der Waals surface area contributed by atoms with Crippen LogP contribution in [0.4, 0.5) is 5.82 Å². The lowest BCUT2D eigenvalue weighted by Crippen LogP contribution is -2.26. The molecule has 4 aromatic rings. The van der Waals surface area contributed by atoms with Crippen LogP contribution in [0, 0.1) is 0 Å². The van der Waals surface area contributed by atoms with Crippen molar-refractivity contribution in [1.29, 1.82) is 0 Å². The van der Waals surface area contributed by atoms with E-state index in [1.54, 1.807) is 12.5 Å². The predicted octanol–water partition coefficient (Wildman–Crippen LogP) is 1.17. The average molecular weight is 307 g/mol. The summed E-state index contributed by atoms with van der Waals surface area (Å²) in [6.07, 6.45) is 4.72. The molecule has 1 aromatic carbocycles. The minimum absolute atomic E-state index is 0.0979. The molecule has 0 radical (unpaired) electrons. The van der Waals surface area contributed by atoms with Crippen molar-refractivity contribution in [2.24, 2.45) is 0 Å². The number of benzene rings is 1. The summed E-state index contributed by atoms with van der Waals surface area (Å²) in [4.78, 5) is 27.7. The van der Waals surface area contributed by atoms with E-state index in [4.69, 9.17) is 0 Å². The van der Waals surface area contributed by atoms with Gasteiger partial charge in [-0.15, -0.1) is 0 Å². The molecule has 0 spiro atoms. The normalized spacial score (nSPS) is 11.1. The fraction of sp³-hybridized carbons (Fsp3) is 0.133. The van der Waals surface area contributed by atoms with E-state index in [2.05, 4.69) is 30.4 Å². The zero-order valence-corrected chi connectivity index (χ0v) is 12.1. The van der Waals surface area contributed by atoms with Crippen molar-refractivity contribution in [2.45, 2.75) is 6.54 Å². The fourth-order valence-corrected chi connectivity index (χ4v) is 2.47. The van der Waals surface area contributed by atoms with Gasteiger partial charge in [0.15, 0.2) is 11.5 Å². The highest BCUT2D eigenvalue weighted by Crippen LogP contribution is 2.13. The second-order valence-electron chi connectivity index (χ2n) is 5.01. The van der Waals surface area contributed by atoms with Gasteiger partial charge in [0.2, 0.25) is 0 Å². The van der Waals surface area contributed by atoms with Gasteiger partial charge in [0.1, 0.15) is 11.8 Å². The maximum absolute atomic E-state index is 12.4. The van der Waals surface area contributed by atoms with Gasteiger partial charge in [0.25, 0.3) is 5.56 Å². The first-order valence-corrected chi connectivity index (χ1v) is 7.16. The van der Waals surface area contributed by atoms with Crippen LogP contribution in [0.3, 0.4) is 0 Å². The van der Waals surface area contributed by atoms with Crippen molar-refractivity contribution in [3.8, 4) is 0 Å². The van der Waals surface area contributed by atoms with Crippen LogP contribution in [0.2, 0.25) is 0 Å². The van der Waals surface area contributed by atoms with Crippen LogP contribution >= 0.6 is 0 Å². The van der Waals surface area contributed by atoms with Crippen molar-refractivity contribution in [1.82, 2.24) is 29.7 Å². The molecule has 8 nitrogen and oxygen atoms in total. The van der Waals surface area contributed by atoms with Gasteiger partial charge in [-0.1, -0.05) is 18.2 Å². The molecule has 4 rings (SSSR count). The Morgan fingerprint density at radius 3 is 3.04 bits per heavy atom. The summed E-state index contributed by atoms with van der Waals surface area (Å²) in [5.41, 5.74) is 1.24. The number of aromatic amines is 1. The molecule has 3 aromatic heterocycles. The van der Waals surface area contributed by atoms with Gasteiger partial charge >= 0.3 is 0 Å². The van der Waals surface area contributed by atoms with E-state index < -0.39 is 0 Å². The number of rotatable bonds is 4. The summed E-state index contributed by atoms with van der Waals surface area (Å²) in [6, 6.07) is 7.42. The number of nitrogens with zero attached hydrogens (tertiary/aromatic N) is 5. The van der Waals surface area contributed by atoms with Gasteiger partial charge in [0, 0.05) is 11.9 Å². The van der Waals surface area contributed by atoms with E-state index >= 15 is 0 Å². The first-order valence-electron chi connectivity index (χ1n) is 7.16. The SMILES string of the molecule is O=c1c2ccccc2cnn1CCNc1ncnc2nc[nH]c12. The number of imidazole rings is 1. The Morgan fingerprint density at radius 1 is 1.17 bits per heavy atom. The smallest absolute Gasteiger partial charge is 0.274 e. The largest absolute Gasteiger partial charge is 0.366 e. The summed E-state index contributed by atoms with van der Waals surface area (Å²) >= 11 is 0. The molecule has 0 unspecified atom stereocenters. The molecular formula is C15H13N7O. The minimum Gasteiger partial charge on any atom is -0.366 e. The molecule has 0 aliphatic rings. The summed E-state index contributed by atoms with van der Waals surface area (Å²) < 4.78 is 1.45. The van der Waals surface area contributed by atoms with Crippen molar-refractivity contribution in [3.05, 3.63) is 53.5 Å². The van der Waals surface area contributed by atoms with E-state index in [1.165, 1.54) is 11.0 Å². The molecule has 0 aliphatic carbocycles. The molecule has 0 aliphatic heterocycles. The van der Waals surface area contributed by atoms with Gasteiger partial charge < -0.3 is 10.3 Å². The Kier molecular flexibility index (Phi) is 3.19. The summed E-state index contributed by atoms with van der Waals surface area (Å²) in [6.45, 7) is 0.944. The van der Waals surface area contributed by atoms with E-state index in [0.29, 0.717) is 29.9 Å². The molecule has 0 atom stereocenters. The van der Waals surface area contributed by atoms with Crippen LogP contribution in [-0.4, -0.2) is 36.3 Å². The van der Waals surface area contributed by atoms with Crippen LogP contribution in [0.15, 0.2) is 47.9 Å². The van der Waals surface area contributed by atoms with E-state index in [9.17, 15) is 4.79 Å². The monoisotopic (exact) mass is 307 g/mol. The van der Waals surface area contributed by atoms with Crippen molar-refractivity contribution in [2.75, 3.05) is 11.9 Å². The molecule has 0 bridgehead atoms. The lowest BCUT2D eigenvalue weighted by Gasteiger charge is -2.08. The first kappa shape index (κ1) is 13.4. The molecule has 2 N–H and O–H groups in total. The molecule has 0 fully saturated rings. The van der Waals surface area contributed by atoms with Crippen molar-refractivity contribution < 1.29 is 0 Å². The molecule has 23 heavy (non-hydrogen) atoms. The minimum atomic E-state index is -0.0979. The highest BCUT2D eigenvalue weighted by molar-refractivity contribution is 5.82. The number of fused-ring (bicyclic) bond motifs is 2. The van der Waals surface area contributed by atoms with E-state index in [1.807, 2.05) is 24.3 Å². The molecule has 0 saturated heterocycles. The van der Waals surface area contributed by atoms with E-state index in [-0.39, 0.29) is 5.56 Å². The Morgan fingerprint density at radius 2 is 2.09 bits per heavy atom. The standard InChI is InChI=1S/C15H13N7O/c23-15-11-4-2-1-3-10(11)7-21-22(15)6-5-16-13-12-14(18-8-17-12)20-9-19-13/h1-4,7-9H,5-6H2,(H2,16,17,18,19,20). The number of hydrogen-bond acceptors (Lipinski definition) is 6. The summed E-state index contributed by atoms with van der Waals surface area (Å²) in [7, 11) is 0. The average Bonchev–Trinajstić information content (AvgIpc) is 3.07. The zero-order chi connectivity index (χ0) is 15.6. The topological polar surface area (TPSA) is 101 Å². The Hall–Kier alpha value is -3.29. The lowest BCUT2D eigenvalue weighted by atomic mass is 10.2. The third kappa shape index (κ3) is 2.39. The van der Waals surface area contributed by atoms with Gasteiger partial charge in [-0.05, 0) is 6.07 Å². The molecule has 0 amide bonds. The lowest BCUT2D eigenvalue weighted by molar-refractivity contribution is 0.604. The molecule has 8 heteroatoms. The highest BCUT2D eigenvalue weighted by Gasteiger charge is 2.06. The predicted molar refractivity (Wildman–Crippen MR) is 86.2 cm³/mol. The Labute approximate surface area is 130 Å². The van der Waals surface area contributed by atoms with Gasteiger partial charge in [-0.3, -0.25) is 4.79 Å². The van der Waals surface area contributed by atoms with Crippen LogP contribution in [0.25, 0.3) is 21.9 Å². The number of anilines is 1. The number of H-pyrrole nitrogens is 1. The van der Waals surface area contributed by atoms with E-state index in [0.717, 1.165) is 10.9 Å². The second-order valence-corrected chi connectivity index (χ2v) is 5.01. The van der Waals surface area contributed by atoms with Crippen LogP contribution in [-0.2, 0) is 6.54 Å². The first-order chi connectivity index (χ1) is 11.3.